The average molecular weight is 339 g/mol. The maximum atomic E-state index is 13.1. The molecule has 0 bridgehead atoms. The van der Waals surface area contributed by atoms with Crippen molar-refractivity contribution in [2.45, 2.75) is 18.4 Å². The lowest BCUT2D eigenvalue weighted by Gasteiger charge is -2.38. The van der Waals surface area contributed by atoms with Crippen LogP contribution >= 0.6 is 0 Å². The number of phenolic OH excluding ortho intramolecular Hbond substituents is 1. The first kappa shape index (κ1) is 17.2. The SMILES string of the molecule is CN1CCC(OC(=O)c2ccc(O)cc2)(C(=O)c2ccccc2)CC1. The summed E-state index contributed by atoms with van der Waals surface area (Å²) in [4.78, 5) is 27.8. The molecule has 2 aromatic carbocycles. The van der Waals surface area contributed by atoms with E-state index in [1.807, 2.05) is 13.1 Å². The van der Waals surface area contributed by atoms with Crippen molar-refractivity contribution in [1.82, 2.24) is 4.90 Å². The fourth-order valence-corrected chi connectivity index (χ4v) is 3.04. The molecule has 130 valence electrons. The van der Waals surface area contributed by atoms with Gasteiger partial charge in [0, 0.05) is 31.5 Å². The molecule has 0 atom stereocenters. The Morgan fingerprint density at radius 2 is 1.56 bits per heavy atom. The summed E-state index contributed by atoms with van der Waals surface area (Å²) in [5.41, 5.74) is -0.287. The Morgan fingerprint density at radius 3 is 2.16 bits per heavy atom. The van der Waals surface area contributed by atoms with E-state index in [1.165, 1.54) is 24.3 Å². The number of carbonyl (C=O) groups excluding carboxylic acids is 2. The van der Waals surface area contributed by atoms with Gasteiger partial charge in [0.25, 0.3) is 0 Å². The van der Waals surface area contributed by atoms with Crippen molar-refractivity contribution in [2.75, 3.05) is 20.1 Å². The number of ketones is 1. The van der Waals surface area contributed by atoms with Gasteiger partial charge in [0.15, 0.2) is 5.60 Å². The Kier molecular flexibility index (Phi) is 4.86. The molecule has 25 heavy (non-hydrogen) atoms. The maximum Gasteiger partial charge on any atom is 0.339 e. The Labute approximate surface area is 146 Å². The third kappa shape index (κ3) is 3.72. The van der Waals surface area contributed by atoms with Gasteiger partial charge in [-0.2, -0.15) is 0 Å². The van der Waals surface area contributed by atoms with Crippen molar-refractivity contribution in [2.24, 2.45) is 0 Å². The van der Waals surface area contributed by atoms with Crippen molar-refractivity contribution in [3.8, 4) is 5.75 Å². The molecule has 0 radical (unpaired) electrons. The van der Waals surface area contributed by atoms with E-state index in [-0.39, 0.29) is 11.5 Å². The van der Waals surface area contributed by atoms with Crippen LogP contribution in [-0.2, 0) is 4.74 Å². The summed E-state index contributed by atoms with van der Waals surface area (Å²) in [6.07, 6.45) is 0.919. The van der Waals surface area contributed by atoms with E-state index in [2.05, 4.69) is 4.90 Å². The Bertz CT molecular complexity index is 747. The second-order valence-corrected chi connectivity index (χ2v) is 6.43. The molecule has 2 aromatic rings. The van der Waals surface area contributed by atoms with Crippen molar-refractivity contribution in [1.29, 1.82) is 0 Å². The third-order valence-electron chi connectivity index (χ3n) is 4.64. The molecule has 0 aliphatic carbocycles. The summed E-state index contributed by atoms with van der Waals surface area (Å²) in [6.45, 7) is 1.36. The van der Waals surface area contributed by atoms with Crippen molar-refractivity contribution < 1.29 is 19.4 Å². The minimum atomic E-state index is -1.15. The molecule has 1 N–H and O–H groups in total. The van der Waals surface area contributed by atoms with E-state index < -0.39 is 11.6 Å². The quantitative estimate of drug-likeness (QED) is 0.685. The van der Waals surface area contributed by atoms with Gasteiger partial charge in [-0.1, -0.05) is 30.3 Å². The van der Waals surface area contributed by atoms with Crippen molar-refractivity contribution in [3.63, 3.8) is 0 Å². The number of benzene rings is 2. The summed E-state index contributed by atoms with van der Waals surface area (Å²) in [5, 5.41) is 9.36. The highest BCUT2D eigenvalue weighted by Gasteiger charge is 2.44. The molecule has 5 nitrogen and oxygen atoms in total. The molecule has 1 saturated heterocycles. The highest BCUT2D eigenvalue weighted by molar-refractivity contribution is 6.04. The van der Waals surface area contributed by atoms with E-state index in [0.29, 0.717) is 37.1 Å². The number of phenols is 1. The Morgan fingerprint density at radius 1 is 0.960 bits per heavy atom. The molecule has 1 aliphatic heterocycles. The lowest BCUT2D eigenvalue weighted by molar-refractivity contribution is -0.0327. The van der Waals surface area contributed by atoms with Crippen LogP contribution in [0.3, 0.4) is 0 Å². The van der Waals surface area contributed by atoms with Gasteiger partial charge in [0.05, 0.1) is 5.56 Å². The molecular weight excluding hydrogens is 318 g/mol. The van der Waals surface area contributed by atoms with Crippen LogP contribution < -0.4 is 0 Å². The molecule has 0 saturated carbocycles. The second kappa shape index (κ2) is 7.07. The summed E-state index contributed by atoms with van der Waals surface area (Å²) in [5.74, 6) is -0.631. The molecule has 1 fully saturated rings. The highest BCUT2D eigenvalue weighted by Crippen LogP contribution is 2.31. The molecule has 5 heteroatoms. The largest absolute Gasteiger partial charge is 0.508 e. The minimum absolute atomic E-state index is 0.0749. The van der Waals surface area contributed by atoms with Crippen LogP contribution in [0.1, 0.15) is 33.6 Å². The zero-order chi connectivity index (χ0) is 17.9. The first-order chi connectivity index (χ1) is 12.0. The Hall–Kier alpha value is -2.66. The number of hydrogen-bond acceptors (Lipinski definition) is 5. The fourth-order valence-electron chi connectivity index (χ4n) is 3.04. The van der Waals surface area contributed by atoms with Gasteiger partial charge >= 0.3 is 5.97 Å². The highest BCUT2D eigenvalue weighted by atomic mass is 16.6. The predicted octanol–water partition coefficient (Wildman–Crippen LogP) is 2.90. The minimum Gasteiger partial charge on any atom is -0.508 e. The lowest BCUT2D eigenvalue weighted by atomic mass is 9.83. The van der Waals surface area contributed by atoms with Crippen molar-refractivity contribution in [3.05, 3.63) is 65.7 Å². The van der Waals surface area contributed by atoms with E-state index in [4.69, 9.17) is 4.74 Å². The number of likely N-dealkylation sites (tertiary alicyclic amines) is 1. The molecule has 0 spiro atoms. The van der Waals surface area contributed by atoms with Crippen LogP contribution in [0.15, 0.2) is 54.6 Å². The summed E-state index contributed by atoms with van der Waals surface area (Å²) >= 11 is 0. The predicted molar refractivity (Wildman–Crippen MR) is 93.8 cm³/mol. The van der Waals surface area contributed by atoms with Gasteiger partial charge < -0.3 is 14.7 Å². The molecule has 0 amide bonds. The van der Waals surface area contributed by atoms with E-state index in [1.54, 1.807) is 24.3 Å². The van der Waals surface area contributed by atoms with Gasteiger partial charge in [-0.05, 0) is 31.3 Å². The van der Waals surface area contributed by atoms with Crippen LogP contribution in [-0.4, -0.2) is 47.5 Å². The van der Waals surface area contributed by atoms with Crippen LogP contribution in [0, 0.1) is 0 Å². The normalized spacial score (nSPS) is 17.0. The lowest BCUT2D eigenvalue weighted by Crippen LogP contribution is -2.51. The Balaban J connectivity index is 1.88. The topological polar surface area (TPSA) is 66.8 Å². The van der Waals surface area contributed by atoms with E-state index in [0.717, 1.165) is 0 Å². The van der Waals surface area contributed by atoms with Crippen LogP contribution in [0.4, 0.5) is 0 Å². The van der Waals surface area contributed by atoms with Gasteiger partial charge in [-0.25, -0.2) is 4.79 Å². The van der Waals surface area contributed by atoms with Gasteiger partial charge in [-0.15, -0.1) is 0 Å². The van der Waals surface area contributed by atoms with Crippen LogP contribution in [0.25, 0.3) is 0 Å². The summed E-state index contributed by atoms with van der Waals surface area (Å²) in [6, 6.07) is 14.8. The summed E-state index contributed by atoms with van der Waals surface area (Å²) < 4.78 is 5.77. The first-order valence-electron chi connectivity index (χ1n) is 8.31. The van der Waals surface area contributed by atoms with E-state index in [9.17, 15) is 14.7 Å². The molecule has 1 heterocycles. The smallest absolute Gasteiger partial charge is 0.339 e. The number of aromatic hydroxyl groups is 1. The number of ether oxygens (including phenoxy) is 1. The number of carbonyl (C=O) groups is 2. The van der Waals surface area contributed by atoms with Gasteiger partial charge in [0.2, 0.25) is 5.78 Å². The van der Waals surface area contributed by atoms with Crippen molar-refractivity contribution >= 4 is 11.8 Å². The summed E-state index contributed by atoms with van der Waals surface area (Å²) in [7, 11) is 1.98. The number of rotatable bonds is 4. The molecular formula is C20H21NO4. The zero-order valence-corrected chi connectivity index (χ0v) is 14.1. The van der Waals surface area contributed by atoms with Crippen LogP contribution in [0.2, 0.25) is 0 Å². The maximum absolute atomic E-state index is 13.1. The monoisotopic (exact) mass is 339 g/mol. The van der Waals surface area contributed by atoms with Gasteiger partial charge in [-0.3, -0.25) is 4.79 Å². The first-order valence-corrected chi connectivity index (χ1v) is 8.31. The standard InChI is InChI=1S/C20H21NO4/c1-21-13-11-20(12-14-21,18(23)15-5-3-2-4-6-15)25-19(24)16-7-9-17(22)10-8-16/h2-10,22H,11-14H2,1H3. The van der Waals surface area contributed by atoms with Gasteiger partial charge in [0.1, 0.15) is 5.75 Å². The molecule has 1 aliphatic rings. The number of hydrogen-bond donors (Lipinski definition) is 1. The number of esters is 1. The molecule has 0 unspecified atom stereocenters. The van der Waals surface area contributed by atoms with E-state index >= 15 is 0 Å². The second-order valence-electron chi connectivity index (χ2n) is 6.43. The fraction of sp³-hybridized carbons (Fsp3) is 0.300. The third-order valence-corrected chi connectivity index (χ3v) is 4.64. The van der Waals surface area contributed by atoms with Crippen LogP contribution in [0.5, 0.6) is 5.75 Å². The number of Topliss-reactive ketones (excluding diaryl/α,β-unsaturated/α-hetero) is 1. The molecule has 3 rings (SSSR count). The molecule has 0 aromatic heterocycles. The average Bonchev–Trinajstić information content (AvgIpc) is 2.64. The number of piperidine rings is 1. The number of nitrogens with zero attached hydrogens (tertiary/aromatic N) is 1. The zero-order valence-electron chi connectivity index (χ0n) is 14.1.